The van der Waals surface area contributed by atoms with Gasteiger partial charge in [0.2, 0.25) is 4.77 Å². The van der Waals surface area contributed by atoms with E-state index in [4.69, 9.17) is 17.0 Å². The third kappa shape index (κ3) is 3.57. The fourth-order valence-electron chi connectivity index (χ4n) is 3.12. The molecule has 0 bridgehead atoms. The van der Waals surface area contributed by atoms with Gasteiger partial charge in [-0.1, -0.05) is 24.3 Å². The number of quaternary nitrogens is 1. The smallest absolute Gasteiger partial charge is 0.313 e. The highest BCUT2D eigenvalue weighted by atomic mass is 32.1. The van der Waals surface area contributed by atoms with E-state index in [0.717, 1.165) is 19.5 Å². The van der Waals surface area contributed by atoms with Gasteiger partial charge in [-0.15, -0.1) is 0 Å². The van der Waals surface area contributed by atoms with Gasteiger partial charge in [0.1, 0.15) is 18.8 Å². The Labute approximate surface area is 146 Å². The van der Waals surface area contributed by atoms with Gasteiger partial charge in [-0.05, 0) is 24.7 Å². The van der Waals surface area contributed by atoms with Gasteiger partial charge in [0.25, 0.3) is 0 Å². The molecule has 7 heteroatoms. The Bertz CT molecular complexity index is 796. The molecule has 2 heterocycles. The van der Waals surface area contributed by atoms with Gasteiger partial charge in [-0.2, -0.15) is 9.78 Å². The summed E-state index contributed by atoms with van der Waals surface area (Å²) in [6.45, 7) is 4.92. The number of carbonyl (C=O) groups excluding carboxylic acids is 1. The predicted octanol–water partition coefficient (Wildman–Crippen LogP) is 0.655. The van der Waals surface area contributed by atoms with E-state index < -0.39 is 0 Å². The summed E-state index contributed by atoms with van der Waals surface area (Å²) in [6.07, 6.45) is 1.22. The average molecular weight is 347 g/mol. The first-order valence-electron chi connectivity index (χ1n) is 8.27. The van der Waals surface area contributed by atoms with Crippen molar-refractivity contribution in [2.24, 2.45) is 7.05 Å². The molecule has 1 atom stereocenters. The molecule has 1 aromatic heterocycles. The van der Waals surface area contributed by atoms with Gasteiger partial charge in [-0.25, -0.2) is 0 Å². The average Bonchev–Trinajstić information content (AvgIpc) is 2.83. The second kappa shape index (κ2) is 7.27. The van der Waals surface area contributed by atoms with Gasteiger partial charge >= 0.3 is 5.97 Å². The molecule has 1 aromatic carbocycles. The Morgan fingerprint density at radius 3 is 2.88 bits per heavy atom. The summed E-state index contributed by atoms with van der Waals surface area (Å²) in [7, 11) is 1.85. The number of nitrogens with one attached hydrogen (secondary N) is 1. The Hall–Kier alpha value is -1.99. The highest BCUT2D eigenvalue weighted by Crippen LogP contribution is 2.10. The summed E-state index contributed by atoms with van der Waals surface area (Å²) >= 11 is 5.48. The molecule has 0 aliphatic carbocycles. The van der Waals surface area contributed by atoms with E-state index in [1.54, 1.807) is 11.5 Å². The normalized spacial score (nSPS) is 16.7. The number of esters is 1. The molecule has 0 spiro atoms. The van der Waals surface area contributed by atoms with Crippen LogP contribution in [0.2, 0.25) is 0 Å². The minimum absolute atomic E-state index is 0.152. The molecule has 24 heavy (non-hydrogen) atoms. The summed E-state index contributed by atoms with van der Waals surface area (Å²) in [5.41, 5.74) is 2.84. The van der Waals surface area contributed by atoms with Crippen molar-refractivity contribution in [2.75, 3.05) is 13.2 Å². The van der Waals surface area contributed by atoms with E-state index in [1.165, 1.54) is 16.0 Å². The molecule has 0 radical (unpaired) electrons. The zero-order valence-electron chi connectivity index (χ0n) is 14.1. The van der Waals surface area contributed by atoms with Crippen LogP contribution in [0.4, 0.5) is 0 Å². The number of ether oxygens (including phenoxy) is 1. The fourth-order valence-corrected chi connectivity index (χ4v) is 3.33. The number of carbonyl (C=O) groups is 1. The molecule has 1 unspecified atom stereocenters. The number of nitrogens with zero attached hydrogens (tertiary/aromatic N) is 3. The van der Waals surface area contributed by atoms with Gasteiger partial charge in [0.15, 0.2) is 6.67 Å². The van der Waals surface area contributed by atoms with Crippen LogP contribution in [0.5, 0.6) is 0 Å². The van der Waals surface area contributed by atoms with E-state index >= 15 is 0 Å². The number of aromatic nitrogens is 3. The number of benzene rings is 1. The van der Waals surface area contributed by atoms with Crippen LogP contribution in [0.1, 0.15) is 23.9 Å². The van der Waals surface area contributed by atoms with E-state index in [-0.39, 0.29) is 12.4 Å². The zero-order valence-corrected chi connectivity index (χ0v) is 14.9. The quantitative estimate of drug-likeness (QED) is 0.638. The maximum absolute atomic E-state index is 11.7. The summed E-state index contributed by atoms with van der Waals surface area (Å²) in [5.74, 6) is 0.377. The lowest BCUT2D eigenvalue weighted by Gasteiger charge is -2.25. The van der Waals surface area contributed by atoms with E-state index in [0.29, 0.717) is 23.9 Å². The molecule has 6 nitrogen and oxygen atoms in total. The van der Waals surface area contributed by atoms with E-state index in [2.05, 4.69) is 29.4 Å². The molecule has 0 amide bonds. The van der Waals surface area contributed by atoms with Gasteiger partial charge < -0.3 is 14.2 Å². The van der Waals surface area contributed by atoms with Crippen molar-refractivity contribution in [3.63, 3.8) is 0 Å². The number of rotatable bonds is 5. The lowest BCUT2D eigenvalue weighted by Crippen LogP contribution is -3.11. The van der Waals surface area contributed by atoms with Crippen molar-refractivity contribution >= 4 is 18.2 Å². The van der Waals surface area contributed by atoms with Crippen molar-refractivity contribution in [2.45, 2.75) is 33.0 Å². The molecular formula is C17H23N4O2S+. The van der Waals surface area contributed by atoms with E-state index in [9.17, 15) is 4.79 Å². The summed E-state index contributed by atoms with van der Waals surface area (Å²) in [4.78, 5) is 13.1. The Morgan fingerprint density at radius 1 is 1.38 bits per heavy atom. The van der Waals surface area contributed by atoms with Gasteiger partial charge in [-0.3, -0.25) is 4.79 Å². The largest absolute Gasteiger partial charge is 0.466 e. The molecule has 1 N–H and O–H groups in total. The molecule has 0 fully saturated rings. The third-order valence-electron chi connectivity index (χ3n) is 4.42. The minimum Gasteiger partial charge on any atom is -0.466 e. The fraction of sp³-hybridized carbons (Fsp3) is 0.471. The first kappa shape index (κ1) is 16.9. The van der Waals surface area contributed by atoms with Crippen molar-refractivity contribution in [1.29, 1.82) is 0 Å². The summed E-state index contributed by atoms with van der Waals surface area (Å²) in [6, 6.07) is 8.58. The summed E-state index contributed by atoms with van der Waals surface area (Å²) in [5, 5.41) is 4.54. The van der Waals surface area contributed by atoms with Crippen molar-refractivity contribution in [3.05, 3.63) is 46.0 Å². The maximum atomic E-state index is 11.7. The first-order valence-corrected chi connectivity index (χ1v) is 8.68. The van der Waals surface area contributed by atoms with Crippen LogP contribution in [-0.2, 0) is 42.6 Å². The molecule has 0 saturated heterocycles. The maximum Gasteiger partial charge on any atom is 0.313 e. The van der Waals surface area contributed by atoms with Crippen LogP contribution < -0.4 is 4.90 Å². The second-order valence-corrected chi connectivity index (χ2v) is 6.46. The van der Waals surface area contributed by atoms with Crippen LogP contribution in [0.15, 0.2) is 24.3 Å². The Kier molecular flexibility index (Phi) is 5.11. The topological polar surface area (TPSA) is 53.5 Å². The van der Waals surface area contributed by atoms with E-state index in [1.807, 2.05) is 11.7 Å². The molecular weight excluding hydrogens is 324 g/mol. The molecule has 1 aliphatic rings. The minimum atomic E-state index is -0.271. The van der Waals surface area contributed by atoms with Crippen LogP contribution in [-0.4, -0.2) is 33.5 Å². The molecule has 2 aromatic rings. The monoisotopic (exact) mass is 347 g/mol. The van der Waals surface area contributed by atoms with Crippen molar-refractivity contribution in [1.82, 2.24) is 14.3 Å². The number of hydrogen-bond acceptors (Lipinski definition) is 4. The van der Waals surface area contributed by atoms with Crippen molar-refractivity contribution < 1.29 is 14.4 Å². The lowest BCUT2D eigenvalue weighted by molar-refractivity contribution is -0.939. The molecule has 3 rings (SSSR count). The lowest BCUT2D eigenvalue weighted by atomic mass is 10.0. The first-order chi connectivity index (χ1) is 11.6. The van der Waals surface area contributed by atoms with Crippen LogP contribution in [0.3, 0.4) is 0 Å². The molecule has 1 aliphatic heterocycles. The Balaban J connectivity index is 1.72. The summed E-state index contributed by atoms with van der Waals surface area (Å²) < 4.78 is 9.26. The predicted molar refractivity (Wildman–Crippen MR) is 92.0 cm³/mol. The molecule has 128 valence electrons. The highest BCUT2D eigenvalue weighted by molar-refractivity contribution is 7.71. The van der Waals surface area contributed by atoms with Gasteiger partial charge in [0.05, 0.1) is 13.2 Å². The number of fused-ring (bicyclic) bond motifs is 1. The molecule has 0 saturated carbocycles. The second-order valence-electron chi connectivity index (χ2n) is 6.09. The van der Waals surface area contributed by atoms with Crippen molar-refractivity contribution in [3.8, 4) is 0 Å². The highest BCUT2D eigenvalue weighted by Gasteiger charge is 2.21. The van der Waals surface area contributed by atoms with Crippen LogP contribution >= 0.6 is 12.2 Å². The standard InChI is InChI=1S/C17H22N4O2S/c1-3-23-16(22)10-15-18-21(17(24)19(15)2)12-20-9-8-13-6-4-5-7-14(13)11-20/h4-7H,3,8-12H2,1-2H3/p+1. The van der Waals surface area contributed by atoms with Crippen LogP contribution in [0.25, 0.3) is 0 Å². The Morgan fingerprint density at radius 2 is 2.12 bits per heavy atom. The van der Waals surface area contributed by atoms with Gasteiger partial charge in [0, 0.05) is 19.0 Å². The third-order valence-corrected chi connectivity index (χ3v) is 4.90. The zero-order chi connectivity index (χ0) is 17.1. The van der Waals surface area contributed by atoms with Crippen LogP contribution in [0, 0.1) is 4.77 Å². The number of hydrogen-bond donors (Lipinski definition) is 1. The SMILES string of the molecule is CCOC(=O)Cc1nn(C[NH+]2CCc3ccccc3C2)c(=S)n1C.